The number of alkyl halides is 3. The maximum atomic E-state index is 14.1. The van der Waals surface area contributed by atoms with Crippen LogP contribution in [-0.4, -0.2) is 42.0 Å². The van der Waals surface area contributed by atoms with E-state index in [2.05, 4.69) is 10.5 Å². The van der Waals surface area contributed by atoms with Gasteiger partial charge >= 0.3 is 12.2 Å². The standard InChI is InChI=1S/C23H20Cl2F3N3O2/c24-17-7-16(8-18(25)9-17)22(23(26,27)28)10-20(30-33-22)14-3-1-13(2-4-14)15-11-31(12-15)21(32)29-19-5-6-19/h1-4,7-9,15,19H,5-6,10-12H2,(H,29,32). The second-order valence-corrected chi connectivity index (χ2v) is 9.61. The third kappa shape index (κ3) is 4.26. The monoisotopic (exact) mass is 497 g/mol. The molecule has 1 aliphatic carbocycles. The third-order valence-corrected chi connectivity index (χ3v) is 6.74. The number of nitrogens with zero attached hydrogens (tertiary/aromatic N) is 2. The van der Waals surface area contributed by atoms with Gasteiger partial charge in [0, 0.05) is 47.1 Å². The topological polar surface area (TPSA) is 53.9 Å². The molecule has 0 radical (unpaired) electrons. The molecule has 1 N–H and O–H groups in total. The van der Waals surface area contributed by atoms with Gasteiger partial charge in [-0.2, -0.15) is 13.2 Å². The second kappa shape index (κ2) is 8.09. The fourth-order valence-corrected chi connectivity index (χ4v) is 4.67. The number of amides is 2. The maximum Gasteiger partial charge on any atom is 0.435 e. The van der Waals surface area contributed by atoms with E-state index in [1.807, 2.05) is 12.1 Å². The Morgan fingerprint density at radius 1 is 1.09 bits per heavy atom. The van der Waals surface area contributed by atoms with Crippen LogP contribution in [0.25, 0.3) is 0 Å². The van der Waals surface area contributed by atoms with Crippen LogP contribution in [0.1, 0.15) is 41.9 Å². The number of nitrogens with one attached hydrogen (secondary N) is 1. The zero-order valence-corrected chi connectivity index (χ0v) is 18.8. The number of carbonyl (C=O) groups excluding carboxylic acids is 1. The molecule has 1 saturated carbocycles. The molecule has 1 saturated heterocycles. The quantitative estimate of drug-likeness (QED) is 0.576. The van der Waals surface area contributed by atoms with Crippen LogP contribution in [0.5, 0.6) is 0 Å². The Balaban J connectivity index is 1.29. The van der Waals surface area contributed by atoms with Gasteiger partial charge in [0.25, 0.3) is 5.60 Å². The summed E-state index contributed by atoms with van der Waals surface area (Å²) in [7, 11) is 0. The molecule has 1 atom stereocenters. The Labute approximate surface area is 198 Å². The number of hydrogen-bond acceptors (Lipinski definition) is 3. The molecule has 0 spiro atoms. The molecule has 10 heteroatoms. The Hall–Kier alpha value is -2.45. The van der Waals surface area contributed by atoms with Crippen LogP contribution in [0, 0.1) is 0 Å². The van der Waals surface area contributed by atoms with Crippen molar-refractivity contribution in [3.63, 3.8) is 0 Å². The van der Waals surface area contributed by atoms with Crippen LogP contribution < -0.4 is 5.32 Å². The van der Waals surface area contributed by atoms with Crippen molar-refractivity contribution < 1.29 is 22.8 Å². The number of urea groups is 1. The normalized spacial score (nSPS) is 23.1. The van der Waals surface area contributed by atoms with Crippen LogP contribution >= 0.6 is 23.2 Å². The average molecular weight is 498 g/mol. The minimum atomic E-state index is -4.73. The van der Waals surface area contributed by atoms with Crippen LogP contribution in [0.2, 0.25) is 10.0 Å². The molecule has 0 bridgehead atoms. The summed E-state index contributed by atoms with van der Waals surface area (Å²) in [6.07, 6.45) is -3.15. The molecule has 2 aromatic carbocycles. The summed E-state index contributed by atoms with van der Waals surface area (Å²) in [5.74, 6) is 0.202. The molecule has 2 heterocycles. The van der Waals surface area contributed by atoms with Crippen LogP contribution in [0.3, 0.4) is 0 Å². The summed E-state index contributed by atoms with van der Waals surface area (Å²) >= 11 is 11.9. The third-order valence-electron chi connectivity index (χ3n) is 6.30. The van der Waals surface area contributed by atoms with Gasteiger partial charge in [0.1, 0.15) is 0 Å². The van der Waals surface area contributed by atoms with Crippen LogP contribution in [0.15, 0.2) is 47.6 Å². The van der Waals surface area contributed by atoms with Gasteiger partial charge in [-0.05, 0) is 42.2 Å². The average Bonchev–Trinajstić information content (AvgIpc) is 3.38. The summed E-state index contributed by atoms with van der Waals surface area (Å²) in [6, 6.07) is 11.2. The predicted octanol–water partition coefficient (Wildman–Crippen LogP) is 5.85. The molecule has 5 nitrogen and oxygen atoms in total. The number of hydrogen-bond donors (Lipinski definition) is 1. The fourth-order valence-electron chi connectivity index (χ4n) is 4.14. The first kappa shape index (κ1) is 22.3. The van der Waals surface area contributed by atoms with Gasteiger partial charge in [-0.15, -0.1) is 0 Å². The highest BCUT2D eigenvalue weighted by atomic mass is 35.5. The van der Waals surface area contributed by atoms with Gasteiger partial charge in [-0.3, -0.25) is 0 Å². The van der Waals surface area contributed by atoms with Gasteiger partial charge in [-0.1, -0.05) is 52.6 Å². The number of oxime groups is 1. The second-order valence-electron chi connectivity index (χ2n) is 8.74. The highest BCUT2D eigenvalue weighted by Gasteiger charge is 2.62. The molecular formula is C23H20Cl2F3N3O2. The zero-order valence-electron chi connectivity index (χ0n) is 17.3. The van der Waals surface area contributed by atoms with Gasteiger partial charge in [-0.25, -0.2) is 4.79 Å². The molecular weight excluding hydrogens is 478 g/mol. The lowest BCUT2D eigenvalue weighted by atomic mass is 9.85. The Morgan fingerprint density at radius 3 is 2.30 bits per heavy atom. The zero-order chi connectivity index (χ0) is 23.4. The summed E-state index contributed by atoms with van der Waals surface area (Å²) < 4.78 is 42.4. The molecule has 33 heavy (non-hydrogen) atoms. The van der Waals surface area contributed by atoms with Crippen molar-refractivity contribution in [1.82, 2.24) is 10.2 Å². The minimum Gasteiger partial charge on any atom is -0.374 e. The van der Waals surface area contributed by atoms with Gasteiger partial charge in [0.2, 0.25) is 0 Å². The first-order chi connectivity index (χ1) is 15.6. The van der Waals surface area contributed by atoms with Crippen molar-refractivity contribution in [3.05, 3.63) is 69.2 Å². The van der Waals surface area contributed by atoms with Crippen molar-refractivity contribution in [1.29, 1.82) is 0 Å². The summed E-state index contributed by atoms with van der Waals surface area (Å²) in [4.78, 5) is 18.9. The fraction of sp³-hybridized carbons (Fsp3) is 0.391. The Morgan fingerprint density at radius 2 is 1.73 bits per heavy atom. The lowest BCUT2D eigenvalue weighted by Gasteiger charge is -2.39. The van der Waals surface area contributed by atoms with E-state index in [0.717, 1.165) is 18.4 Å². The summed E-state index contributed by atoms with van der Waals surface area (Å²) in [5, 5.41) is 6.92. The lowest BCUT2D eigenvalue weighted by molar-refractivity contribution is -0.275. The molecule has 1 unspecified atom stereocenters. The van der Waals surface area contributed by atoms with Gasteiger partial charge in [0.05, 0.1) is 5.71 Å². The SMILES string of the molecule is O=C(NC1CC1)N1CC(c2ccc(C3=NOC(c4cc(Cl)cc(Cl)c4)(C(F)(F)F)C3)cc2)C1. The molecule has 2 fully saturated rings. The minimum absolute atomic E-state index is 0.0348. The molecule has 0 aromatic heterocycles. The highest BCUT2D eigenvalue weighted by molar-refractivity contribution is 6.34. The van der Waals surface area contributed by atoms with Crippen LogP contribution in [-0.2, 0) is 10.4 Å². The van der Waals surface area contributed by atoms with Crippen molar-refractivity contribution in [3.8, 4) is 0 Å². The number of rotatable bonds is 4. The first-order valence-corrected chi connectivity index (χ1v) is 11.3. The molecule has 2 amide bonds. The number of halogens is 5. The first-order valence-electron chi connectivity index (χ1n) is 10.6. The van der Waals surface area contributed by atoms with Crippen LogP contribution in [0.4, 0.5) is 18.0 Å². The number of carbonyl (C=O) groups is 1. The van der Waals surface area contributed by atoms with E-state index in [1.165, 1.54) is 18.2 Å². The van der Waals surface area contributed by atoms with Gasteiger partial charge < -0.3 is 15.1 Å². The van der Waals surface area contributed by atoms with Gasteiger partial charge in [0.15, 0.2) is 0 Å². The van der Waals surface area contributed by atoms with Crippen molar-refractivity contribution >= 4 is 34.9 Å². The van der Waals surface area contributed by atoms with E-state index >= 15 is 0 Å². The molecule has 3 aliphatic rings. The van der Waals surface area contributed by atoms with E-state index in [1.54, 1.807) is 17.0 Å². The highest BCUT2D eigenvalue weighted by Crippen LogP contribution is 2.49. The molecule has 174 valence electrons. The smallest absolute Gasteiger partial charge is 0.374 e. The number of benzene rings is 2. The van der Waals surface area contributed by atoms with Crippen molar-refractivity contribution in [2.45, 2.75) is 43.0 Å². The van der Waals surface area contributed by atoms with E-state index in [0.29, 0.717) is 24.7 Å². The van der Waals surface area contributed by atoms with Crippen molar-refractivity contribution in [2.24, 2.45) is 5.16 Å². The maximum absolute atomic E-state index is 14.1. The van der Waals surface area contributed by atoms with E-state index in [4.69, 9.17) is 28.0 Å². The Kier molecular flexibility index (Phi) is 5.48. The molecule has 5 rings (SSSR count). The van der Waals surface area contributed by atoms with Crippen molar-refractivity contribution in [2.75, 3.05) is 13.1 Å². The van der Waals surface area contributed by atoms with E-state index < -0.39 is 18.2 Å². The predicted molar refractivity (Wildman–Crippen MR) is 119 cm³/mol. The lowest BCUT2D eigenvalue weighted by Crippen LogP contribution is -2.52. The number of likely N-dealkylation sites (tertiary alicyclic amines) is 1. The molecule has 2 aromatic rings. The largest absolute Gasteiger partial charge is 0.435 e. The summed E-state index contributed by atoms with van der Waals surface area (Å²) in [5.41, 5.74) is -1.09. The van der Waals surface area contributed by atoms with E-state index in [-0.39, 0.29) is 33.3 Å². The summed E-state index contributed by atoms with van der Waals surface area (Å²) in [6.45, 7) is 1.24. The van der Waals surface area contributed by atoms with E-state index in [9.17, 15) is 18.0 Å². The molecule has 2 aliphatic heterocycles. The Bertz CT molecular complexity index is 1090.